The van der Waals surface area contributed by atoms with E-state index in [1.54, 1.807) is 6.08 Å². The number of hydrogen-bond donors (Lipinski definition) is 2. The largest absolute Gasteiger partial charge is 0.362 e. The summed E-state index contributed by atoms with van der Waals surface area (Å²) in [4.78, 5) is 11.7. The Morgan fingerprint density at radius 1 is 1.00 bits per heavy atom. The second-order valence-electron chi connectivity index (χ2n) is 4.72. The van der Waals surface area contributed by atoms with Gasteiger partial charge < -0.3 is 5.32 Å². The van der Waals surface area contributed by atoms with Crippen LogP contribution in [0.2, 0.25) is 0 Å². The summed E-state index contributed by atoms with van der Waals surface area (Å²) in [5.74, 6) is -0.235. The normalized spacial score (nSPS) is 10.4. The van der Waals surface area contributed by atoms with Gasteiger partial charge in [0.25, 0.3) is 0 Å². The van der Waals surface area contributed by atoms with E-state index in [1.165, 1.54) is 11.6 Å². The van der Waals surface area contributed by atoms with E-state index in [0.717, 1.165) is 12.0 Å². The molecule has 2 N–H and O–H groups in total. The van der Waals surface area contributed by atoms with Crippen LogP contribution in [0.25, 0.3) is 6.08 Å². The van der Waals surface area contributed by atoms with Gasteiger partial charge in [0.1, 0.15) is 0 Å². The molecule has 0 unspecified atom stereocenters. The SMILES string of the molecule is O=C(/C=C/c1ccccc1)NC(=S)NCCc1ccccc1. The van der Waals surface area contributed by atoms with E-state index < -0.39 is 0 Å². The van der Waals surface area contributed by atoms with E-state index in [9.17, 15) is 4.79 Å². The van der Waals surface area contributed by atoms with Crippen molar-refractivity contribution in [2.24, 2.45) is 0 Å². The number of carbonyl (C=O) groups excluding carboxylic acids is 1. The quantitative estimate of drug-likeness (QED) is 0.659. The van der Waals surface area contributed by atoms with Gasteiger partial charge in [0.05, 0.1) is 0 Å². The second-order valence-corrected chi connectivity index (χ2v) is 5.13. The monoisotopic (exact) mass is 310 g/mol. The van der Waals surface area contributed by atoms with Crippen LogP contribution in [0.1, 0.15) is 11.1 Å². The van der Waals surface area contributed by atoms with Crippen LogP contribution >= 0.6 is 12.2 Å². The first kappa shape index (κ1) is 15.9. The Hall–Kier alpha value is -2.46. The molecule has 0 aliphatic rings. The van der Waals surface area contributed by atoms with Gasteiger partial charge in [0, 0.05) is 12.6 Å². The molecule has 0 fully saturated rings. The van der Waals surface area contributed by atoms with Crippen molar-refractivity contribution in [2.45, 2.75) is 6.42 Å². The van der Waals surface area contributed by atoms with Crippen LogP contribution in [-0.4, -0.2) is 17.6 Å². The predicted octanol–water partition coefficient (Wildman–Crippen LogP) is 2.93. The van der Waals surface area contributed by atoms with Crippen LogP contribution in [0.4, 0.5) is 0 Å². The van der Waals surface area contributed by atoms with E-state index in [2.05, 4.69) is 22.8 Å². The van der Waals surface area contributed by atoms with Crippen LogP contribution in [0, 0.1) is 0 Å². The minimum absolute atomic E-state index is 0.235. The Labute approximate surface area is 136 Å². The molecule has 112 valence electrons. The molecule has 0 spiro atoms. The Morgan fingerprint density at radius 2 is 1.64 bits per heavy atom. The molecule has 2 aromatic carbocycles. The van der Waals surface area contributed by atoms with Crippen LogP contribution in [0.15, 0.2) is 66.7 Å². The minimum atomic E-state index is -0.235. The molecule has 0 radical (unpaired) electrons. The van der Waals surface area contributed by atoms with Crippen molar-refractivity contribution >= 4 is 29.3 Å². The minimum Gasteiger partial charge on any atom is -0.362 e. The highest BCUT2D eigenvalue weighted by Crippen LogP contribution is 2.00. The molecule has 4 heteroatoms. The van der Waals surface area contributed by atoms with Gasteiger partial charge in [-0.25, -0.2) is 0 Å². The molecule has 3 nitrogen and oxygen atoms in total. The lowest BCUT2D eigenvalue weighted by Crippen LogP contribution is -2.39. The maximum Gasteiger partial charge on any atom is 0.250 e. The number of hydrogen-bond acceptors (Lipinski definition) is 2. The Kier molecular flexibility index (Phi) is 6.33. The molecule has 1 amide bonds. The highest BCUT2D eigenvalue weighted by Gasteiger charge is 2.00. The summed E-state index contributed by atoms with van der Waals surface area (Å²) >= 11 is 5.10. The van der Waals surface area contributed by atoms with Crippen LogP contribution in [0.3, 0.4) is 0 Å². The highest BCUT2D eigenvalue weighted by molar-refractivity contribution is 7.80. The van der Waals surface area contributed by atoms with E-state index in [1.807, 2.05) is 48.5 Å². The zero-order valence-electron chi connectivity index (χ0n) is 12.2. The predicted molar refractivity (Wildman–Crippen MR) is 94.4 cm³/mol. The molecule has 0 heterocycles. The van der Waals surface area contributed by atoms with Crippen molar-refractivity contribution in [3.05, 3.63) is 77.9 Å². The van der Waals surface area contributed by atoms with Crippen LogP contribution < -0.4 is 10.6 Å². The molecule has 0 bridgehead atoms. The summed E-state index contributed by atoms with van der Waals surface area (Å²) < 4.78 is 0. The van der Waals surface area contributed by atoms with Crippen molar-refractivity contribution in [2.75, 3.05) is 6.54 Å². The van der Waals surface area contributed by atoms with Gasteiger partial charge in [-0.2, -0.15) is 0 Å². The maximum absolute atomic E-state index is 11.7. The lowest BCUT2D eigenvalue weighted by atomic mass is 10.1. The standard InChI is InChI=1S/C18H18N2OS/c21-17(12-11-15-7-3-1-4-8-15)20-18(22)19-14-13-16-9-5-2-6-10-16/h1-12H,13-14H2,(H2,19,20,21,22)/b12-11+. The lowest BCUT2D eigenvalue weighted by Gasteiger charge is -2.08. The molecule has 22 heavy (non-hydrogen) atoms. The van der Waals surface area contributed by atoms with Crippen molar-refractivity contribution in [1.82, 2.24) is 10.6 Å². The topological polar surface area (TPSA) is 41.1 Å². The summed E-state index contributed by atoms with van der Waals surface area (Å²) in [5.41, 5.74) is 2.20. The fraction of sp³-hybridized carbons (Fsp3) is 0.111. The van der Waals surface area contributed by atoms with Gasteiger partial charge in [-0.05, 0) is 35.8 Å². The van der Waals surface area contributed by atoms with Crippen molar-refractivity contribution < 1.29 is 4.79 Å². The molecular formula is C18H18N2OS. The van der Waals surface area contributed by atoms with Gasteiger partial charge in [-0.3, -0.25) is 10.1 Å². The average molecular weight is 310 g/mol. The van der Waals surface area contributed by atoms with Crippen molar-refractivity contribution in [1.29, 1.82) is 0 Å². The number of thiocarbonyl (C=S) groups is 1. The molecule has 2 aromatic rings. The van der Waals surface area contributed by atoms with Gasteiger partial charge in [0.2, 0.25) is 5.91 Å². The van der Waals surface area contributed by atoms with Gasteiger partial charge >= 0.3 is 0 Å². The molecule has 0 atom stereocenters. The fourth-order valence-corrected chi connectivity index (χ4v) is 2.10. The lowest BCUT2D eigenvalue weighted by molar-refractivity contribution is -0.115. The molecule has 0 aliphatic heterocycles. The summed E-state index contributed by atoms with van der Waals surface area (Å²) in [5, 5.41) is 6.00. The first-order chi connectivity index (χ1) is 10.7. The molecule has 0 aliphatic carbocycles. The Morgan fingerprint density at radius 3 is 2.32 bits per heavy atom. The first-order valence-corrected chi connectivity index (χ1v) is 7.51. The molecule has 0 aromatic heterocycles. The molecule has 2 rings (SSSR count). The van der Waals surface area contributed by atoms with Crippen molar-refractivity contribution in [3.8, 4) is 0 Å². The smallest absolute Gasteiger partial charge is 0.250 e. The number of amides is 1. The highest BCUT2D eigenvalue weighted by atomic mass is 32.1. The summed E-state index contributed by atoms with van der Waals surface area (Å²) in [7, 11) is 0. The molecular weight excluding hydrogens is 292 g/mol. The molecule has 0 saturated carbocycles. The molecule has 0 saturated heterocycles. The second kappa shape index (κ2) is 8.74. The van der Waals surface area contributed by atoms with E-state index >= 15 is 0 Å². The number of carbonyl (C=O) groups is 1. The van der Waals surface area contributed by atoms with Gasteiger partial charge in [0.15, 0.2) is 5.11 Å². The van der Waals surface area contributed by atoms with Crippen molar-refractivity contribution in [3.63, 3.8) is 0 Å². The van der Waals surface area contributed by atoms with E-state index in [-0.39, 0.29) is 5.91 Å². The van der Waals surface area contributed by atoms with Gasteiger partial charge in [-0.1, -0.05) is 60.7 Å². The third kappa shape index (κ3) is 5.89. The zero-order valence-corrected chi connectivity index (χ0v) is 13.0. The first-order valence-electron chi connectivity index (χ1n) is 7.10. The third-order valence-corrected chi connectivity index (χ3v) is 3.25. The maximum atomic E-state index is 11.7. The van der Waals surface area contributed by atoms with E-state index in [4.69, 9.17) is 12.2 Å². The Bertz CT molecular complexity index is 639. The fourth-order valence-electron chi connectivity index (χ4n) is 1.90. The average Bonchev–Trinajstić information content (AvgIpc) is 2.55. The number of nitrogens with one attached hydrogen (secondary N) is 2. The number of benzene rings is 2. The van der Waals surface area contributed by atoms with E-state index in [0.29, 0.717) is 11.7 Å². The summed E-state index contributed by atoms with van der Waals surface area (Å²) in [6.07, 6.45) is 4.08. The van der Waals surface area contributed by atoms with Crippen LogP contribution in [0.5, 0.6) is 0 Å². The Balaban J connectivity index is 1.70. The summed E-state index contributed by atoms with van der Waals surface area (Å²) in [6.45, 7) is 0.686. The number of rotatable bonds is 5. The summed E-state index contributed by atoms with van der Waals surface area (Å²) in [6, 6.07) is 19.8. The van der Waals surface area contributed by atoms with Crippen LogP contribution in [-0.2, 0) is 11.2 Å². The zero-order chi connectivity index (χ0) is 15.6. The van der Waals surface area contributed by atoms with Gasteiger partial charge in [-0.15, -0.1) is 0 Å². The third-order valence-electron chi connectivity index (χ3n) is 3.01.